The van der Waals surface area contributed by atoms with Crippen molar-refractivity contribution < 1.29 is 13.5 Å². The van der Waals surface area contributed by atoms with E-state index in [1.54, 1.807) is 7.11 Å². The summed E-state index contributed by atoms with van der Waals surface area (Å²) in [5, 5.41) is 6.31. The minimum absolute atomic E-state index is 0.362. The molecule has 0 spiro atoms. The average Bonchev–Trinajstić information content (AvgIpc) is 2.58. The highest BCUT2D eigenvalue weighted by Crippen LogP contribution is 2.09. The van der Waals surface area contributed by atoms with Crippen LogP contribution in [0.2, 0.25) is 0 Å². The lowest BCUT2D eigenvalue weighted by Gasteiger charge is -2.16. The maximum absolute atomic E-state index is 13.6. The standard InChI is InChI=1S/C18H30F2N4O/c1-4-21-18(23-10-12-24(2)11-5-13-25-3)22-9-8-15-14-16(19)6-7-17(15)20/h6-7,14H,4-5,8-13H2,1-3H3,(H2,21,22,23). The van der Waals surface area contributed by atoms with Gasteiger partial charge in [-0.3, -0.25) is 4.99 Å². The van der Waals surface area contributed by atoms with E-state index < -0.39 is 5.82 Å². The van der Waals surface area contributed by atoms with Crippen LogP contribution in [0.15, 0.2) is 23.2 Å². The molecule has 0 unspecified atom stereocenters. The quantitative estimate of drug-likeness (QED) is 0.362. The summed E-state index contributed by atoms with van der Waals surface area (Å²) in [5.41, 5.74) is 0.362. The van der Waals surface area contributed by atoms with Gasteiger partial charge in [0, 0.05) is 39.9 Å². The van der Waals surface area contributed by atoms with E-state index in [2.05, 4.69) is 27.6 Å². The van der Waals surface area contributed by atoms with Gasteiger partial charge >= 0.3 is 0 Å². The van der Waals surface area contributed by atoms with Crippen molar-refractivity contribution in [1.82, 2.24) is 15.5 Å². The summed E-state index contributed by atoms with van der Waals surface area (Å²) in [4.78, 5) is 6.71. The van der Waals surface area contributed by atoms with E-state index in [1.165, 1.54) is 6.07 Å². The van der Waals surface area contributed by atoms with Gasteiger partial charge in [-0.25, -0.2) is 8.78 Å². The highest BCUT2D eigenvalue weighted by molar-refractivity contribution is 5.79. The van der Waals surface area contributed by atoms with Gasteiger partial charge in [-0.05, 0) is 50.6 Å². The first kappa shape index (κ1) is 21.3. The van der Waals surface area contributed by atoms with E-state index in [0.29, 0.717) is 31.0 Å². The smallest absolute Gasteiger partial charge is 0.191 e. The Morgan fingerprint density at radius 2 is 2.04 bits per heavy atom. The third-order valence-corrected chi connectivity index (χ3v) is 3.68. The number of guanidine groups is 1. The van der Waals surface area contributed by atoms with Crippen molar-refractivity contribution in [3.05, 3.63) is 35.4 Å². The fraction of sp³-hybridized carbons (Fsp3) is 0.611. The molecule has 0 aliphatic carbocycles. The van der Waals surface area contributed by atoms with Gasteiger partial charge in [0.2, 0.25) is 0 Å². The predicted molar refractivity (Wildman–Crippen MR) is 98.0 cm³/mol. The number of nitrogens with zero attached hydrogens (tertiary/aromatic N) is 2. The molecule has 0 saturated heterocycles. The van der Waals surface area contributed by atoms with Crippen molar-refractivity contribution in [2.75, 3.05) is 53.5 Å². The van der Waals surface area contributed by atoms with Crippen LogP contribution in [0.3, 0.4) is 0 Å². The van der Waals surface area contributed by atoms with Gasteiger partial charge in [-0.2, -0.15) is 0 Å². The monoisotopic (exact) mass is 356 g/mol. The summed E-state index contributed by atoms with van der Waals surface area (Å²) in [6, 6.07) is 3.51. The van der Waals surface area contributed by atoms with E-state index in [9.17, 15) is 8.78 Å². The first-order valence-electron chi connectivity index (χ1n) is 8.70. The molecule has 0 saturated carbocycles. The number of halogens is 2. The first-order chi connectivity index (χ1) is 12.1. The molecular weight excluding hydrogens is 326 g/mol. The molecule has 0 aliphatic rings. The molecule has 2 N–H and O–H groups in total. The summed E-state index contributed by atoms with van der Waals surface area (Å²) in [7, 11) is 3.76. The van der Waals surface area contributed by atoms with Crippen molar-refractivity contribution in [2.45, 2.75) is 19.8 Å². The second kappa shape index (κ2) is 12.6. The van der Waals surface area contributed by atoms with Crippen molar-refractivity contribution >= 4 is 5.96 Å². The summed E-state index contributed by atoms with van der Waals surface area (Å²) in [5.74, 6) is -0.124. The summed E-state index contributed by atoms with van der Waals surface area (Å²) in [6.07, 6.45) is 1.39. The molecule has 0 atom stereocenters. The van der Waals surface area contributed by atoms with Crippen molar-refractivity contribution in [3.63, 3.8) is 0 Å². The van der Waals surface area contributed by atoms with E-state index in [-0.39, 0.29) is 5.82 Å². The topological polar surface area (TPSA) is 48.9 Å². The number of hydrogen-bond acceptors (Lipinski definition) is 3. The van der Waals surface area contributed by atoms with Gasteiger partial charge in [0.25, 0.3) is 0 Å². The summed E-state index contributed by atoms with van der Waals surface area (Å²) >= 11 is 0. The second-order valence-corrected chi connectivity index (χ2v) is 5.82. The van der Waals surface area contributed by atoms with E-state index in [4.69, 9.17) is 4.74 Å². The number of hydrogen-bond donors (Lipinski definition) is 2. The third-order valence-electron chi connectivity index (χ3n) is 3.68. The molecule has 142 valence electrons. The molecule has 1 rings (SSSR count). The van der Waals surface area contributed by atoms with Gasteiger partial charge < -0.3 is 20.3 Å². The van der Waals surface area contributed by atoms with Crippen LogP contribution in [0.5, 0.6) is 0 Å². The maximum Gasteiger partial charge on any atom is 0.191 e. The average molecular weight is 356 g/mol. The number of nitrogens with one attached hydrogen (secondary N) is 2. The maximum atomic E-state index is 13.6. The number of benzene rings is 1. The van der Waals surface area contributed by atoms with E-state index >= 15 is 0 Å². The van der Waals surface area contributed by atoms with Crippen LogP contribution in [0.25, 0.3) is 0 Å². The Hall–Kier alpha value is -1.73. The zero-order chi connectivity index (χ0) is 18.5. The lowest BCUT2D eigenvalue weighted by atomic mass is 10.1. The molecule has 0 amide bonds. The number of ether oxygens (including phenoxy) is 1. The normalized spacial score (nSPS) is 11.8. The number of likely N-dealkylation sites (N-methyl/N-ethyl adjacent to an activating group) is 1. The van der Waals surface area contributed by atoms with Gasteiger partial charge in [-0.1, -0.05) is 0 Å². The Bertz CT molecular complexity index is 526. The zero-order valence-corrected chi connectivity index (χ0v) is 15.4. The Morgan fingerprint density at radius 3 is 2.76 bits per heavy atom. The van der Waals surface area contributed by atoms with Gasteiger partial charge in [0.1, 0.15) is 11.6 Å². The van der Waals surface area contributed by atoms with Crippen LogP contribution in [0.1, 0.15) is 18.9 Å². The zero-order valence-electron chi connectivity index (χ0n) is 15.4. The molecule has 0 bridgehead atoms. The van der Waals surface area contributed by atoms with Gasteiger partial charge in [0.15, 0.2) is 5.96 Å². The molecule has 0 fully saturated rings. The Balaban J connectivity index is 2.38. The Labute approximate surface area is 149 Å². The molecule has 5 nitrogen and oxygen atoms in total. The SMILES string of the molecule is CCNC(=NCCN(C)CCCOC)NCCc1cc(F)ccc1F. The second-order valence-electron chi connectivity index (χ2n) is 5.82. The number of rotatable bonds is 11. The number of methoxy groups -OCH3 is 1. The molecule has 0 radical (unpaired) electrons. The molecule has 1 aromatic rings. The predicted octanol–water partition coefficient (Wildman–Crippen LogP) is 2.03. The summed E-state index contributed by atoms with van der Waals surface area (Å²) in [6.45, 7) is 6.44. The van der Waals surface area contributed by atoms with Crippen molar-refractivity contribution in [3.8, 4) is 0 Å². The molecule has 0 heterocycles. The lowest BCUT2D eigenvalue weighted by molar-refractivity contribution is 0.180. The molecule has 7 heteroatoms. The lowest BCUT2D eigenvalue weighted by Crippen LogP contribution is -2.39. The van der Waals surface area contributed by atoms with Crippen LogP contribution in [-0.2, 0) is 11.2 Å². The van der Waals surface area contributed by atoms with E-state index in [0.717, 1.165) is 44.8 Å². The highest BCUT2D eigenvalue weighted by Gasteiger charge is 2.05. The first-order valence-corrected chi connectivity index (χ1v) is 8.70. The molecular formula is C18H30F2N4O. The molecule has 0 aromatic heterocycles. The summed E-state index contributed by atoms with van der Waals surface area (Å²) < 4.78 is 31.8. The minimum Gasteiger partial charge on any atom is -0.385 e. The van der Waals surface area contributed by atoms with Gasteiger partial charge in [-0.15, -0.1) is 0 Å². The van der Waals surface area contributed by atoms with Crippen LogP contribution in [0.4, 0.5) is 8.78 Å². The Kier molecular flexibility index (Phi) is 10.7. The van der Waals surface area contributed by atoms with Crippen LogP contribution < -0.4 is 10.6 Å². The largest absolute Gasteiger partial charge is 0.385 e. The van der Waals surface area contributed by atoms with Gasteiger partial charge in [0.05, 0.1) is 6.54 Å². The van der Waals surface area contributed by atoms with Crippen molar-refractivity contribution in [1.29, 1.82) is 0 Å². The van der Waals surface area contributed by atoms with Crippen LogP contribution in [0, 0.1) is 11.6 Å². The fourth-order valence-corrected chi connectivity index (χ4v) is 2.32. The molecule has 1 aromatic carbocycles. The number of aliphatic imine (C=N–C) groups is 1. The Morgan fingerprint density at radius 1 is 1.24 bits per heavy atom. The third kappa shape index (κ3) is 9.36. The molecule has 25 heavy (non-hydrogen) atoms. The van der Waals surface area contributed by atoms with Crippen LogP contribution in [-0.4, -0.2) is 64.3 Å². The van der Waals surface area contributed by atoms with Crippen molar-refractivity contribution in [2.24, 2.45) is 4.99 Å². The fourth-order valence-electron chi connectivity index (χ4n) is 2.32. The highest BCUT2D eigenvalue weighted by atomic mass is 19.1. The van der Waals surface area contributed by atoms with Crippen LogP contribution >= 0.6 is 0 Å². The van der Waals surface area contributed by atoms with E-state index in [1.807, 2.05) is 6.92 Å². The minimum atomic E-state index is -0.423. The molecule has 0 aliphatic heterocycles.